The molecule has 0 aromatic rings. The molecule has 1 aliphatic rings. The highest BCUT2D eigenvalue weighted by Gasteiger charge is 2.24. The Morgan fingerprint density at radius 2 is 2.27 bits per heavy atom. The first kappa shape index (κ1) is 12.8. The fourth-order valence-corrected chi connectivity index (χ4v) is 2.99. The van der Waals surface area contributed by atoms with Crippen molar-refractivity contribution in [1.82, 2.24) is 9.80 Å². The van der Waals surface area contributed by atoms with E-state index in [-0.39, 0.29) is 0 Å². The Hall–Kier alpha value is -0.220. The molecule has 1 amide bonds. The lowest BCUT2D eigenvalue weighted by atomic mass is 10.2. The molecule has 1 aliphatic heterocycles. The van der Waals surface area contributed by atoms with Crippen molar-refractivity contribution >= 4 is 17.7 Å². The van der Waals surface area contributed by atoms with E-state index < -0.39 is 0 Å². The summed E-state index contributed by atoms with van der Waals surface area (Å²) in [5, 5.41) is 0. The fraction of sp³-hybridized carbons (Fsp3) is 0.909. The van der Waals surface area contributed by atoms with Crippen LogP contribution in [0.15, 0.2) is 0 Å². The van der Waals surface area contributed by atoms with Crippen molar-refractivity contribution in [2.45, 2.75) is 25.8 Å². The number of likely N-dealkylation sites (N-methyl/N-ethyl adjacent to an activating group) is 1. The van der Waals surface area contributed by atoms with Gasteiger partial charge in [-0.15, -0.1) is 0 Å². The van der Waals surface area contributed by atoms with Gasteiger partial charge in [-0.3, -0.25) is 4.79 Å². The zero-order valence-corrected chi connectivity index (χ0v) is 10.8. The molecule has 4 heteroatoms. The first-order valence-electron chi connectivity index (χ1n) is 5.67. The van der Waals surface area contributed by atoms with Crippen molar-refractivity contribution in [3.63, 3.8) is 0 Å². The van der Waals surface area contributed by atoms with Crippen molar-refractivity contribution in [2.75, 3.05) is 38.7 Å². The third-order valence-corrected chi connectivity index (χ3v) is 3.84. The number of carbonyl (C=O) groups excluding carboxylic acids is 1. The van der Waals surface area contributed by atoms with Gasteiger partial charge in [0, 0.05) is 25.3 Å². The highest BCUT2D eigenvalue weighted by molar-refractivity contribution is 7.99. The van der Waals surface area contributed by atoms with Crippen molar-refractivity contribution in [1.29, 1.82) is 0 Å². The van der Waals surface area contributed by atoms with Crippen LogP contribution in [0.4, 0.5) is 0 Å². The second-order valence-corrected chi connectivity index (χ2v) is 5.44. The lowest BCUT2D eigenvalue weighted by Gasteiger charge is -2.31. The molecule has 0 bridgehead atoms. The molecule has 1 rings (SSSR count). The van der Waals surface area contributed by atoms with Crippen LogP contribution in [-0.2, 0) is 4.79 Å². The molecule has 88 valence electrons. The molecule has 3 nitrogen and oxygen atoms in total. The van der Waals surface area contributed by atoms with Crippen molar-refractivity contribution < 1.29 is 4.79 Å². The van der Waals surface area contributed by atoms with Crippen LogP contribution in [0.2, 0.25) is 0 Å². The molecule has 0 N–H and O–H groups in total. The topological polar surface area (TPSA) is 23.6 Å². The Morgan fingerprint density at radius 1 is 1.53 bits per heavy atom. The lowest BCUT2D eigenvalue weighted by molar-refractivity contribution is -0.132. The minimum absolute atomic E-state index is 0.310. The number of carbonyl (C=O) groups is 1. The molecule has 1 saturated heterocycles. The summed E-state index contributed by atoms with van der Waals surface area (Å²) >= 11 is 1.98. The van der Waals surface area contributed by atoms with E-state index >= 15 is 0 Å². The molecule has 15 heavy (non-hydrogen) atoms. The van der Waals surface area contributed by atoms with Crippen LogP contribution in [-0.4, -0.2) is 60.4 Å². The van der Waals surface area contributed by atoms with Gasteiger partial charge in [-0.05, 0) is 26.3 Å². The molecular formula is C11H22N2OS. The largest absolute Gasteiger partial charge is 0.338 e. The van der Waals surface area contributed by atoms with Gasteiger partial charge in [-0.25, -0.2) is 0 Å². The van der Waals surface area contributed by atoms with Gasteiger partial charge < -0.3 is 9.80 Å². The monoisotopic (exact) mass is 230 g/mol. The van der Waals surface area contributed by atoms with Gasteiger partial charge in [-0.1, -0.05) is 6.92 Å². The summed E-state index contributed by atoms with van der Waals surface area (Å²) in [4.78, 5) is 16.1. The van der Waals surface area contributed by atoms with Crippen LogP contribution in [0.5, 0.6) is 0 Å². The van der Waals surface area contributed by atoms with E-state index in [1.54, 1.807) is 0 Å². The predicted molar refractivity (Wildman–Crippen MR) is 66.3 cm³/mol. The van der Waals surface area contributed by atoms with Gasteiger partial charge in [-0.2, -0.15) is 11.8 Å². The highest BCUT2D eigenvalue weighted by Crippen LogP contribution is 2.17. The maximum Gasteiger partial charge on any atom is 0.222 e. The number of amides is 1. The molecule has 0 radical (unpaired) electrons. The van der Waals surface area contributed by atoms with E-state index in [9.17, 15) is 4.79 Å². The Morgan fingerprint density at radius 3 is 2.87 bits per heavy atom. The smallest absolute Gasteiger partial charge is 0.222 e. The van der Waals surface area contributed by atoms with Crippen LogP contribution >= 0.6 is 11.8 Å². The van der Waals surface area contributed by atoms with Crippen LogP contribution in [0.25, 0.3) is 0 Å². The normalized spacial score (nSPS) is 22.9. The minimum Gasteiger partial charge on any atom is -0.338 e. The standard InChI is InChI=1S/C11H22N2OS/c1-4-11(14)13-6-5-7-15-9-10(13)8-12(2)3/h10H,4-9H2,1-3H3. The van der Waals surface area contributed by atoms with Crippen LogP contribution in [0.1, 0.15) is 19.8 Å². The Labute approximate surface area is 97.2 Å². The van der Waals surface area contributed by atoms with Crippen molar-refractivity contribution in [2.24, 2.45) is 0 Å². The van der Waals surface area contributed by atoms with E-state index in [1.807, 2.05) is 18.7 Å². The number of rotatable bonds is 3. The van der Waals surface area contributed by atoms with Gasteiger partial charge in [0.15, 0.2) is 0 Å². The molecule has 1 heterocycles. The van der Waals surface area contributed by atoms with E-state index in [1.165, 1.54) is 5.75 Å². The van der Waals surface area contributed by atoms with Gasteiger partial charge >= 0.3 is 0 Å². The summed E-state index contributed by atoms with van der Waals surface area (Å²) in [6.45, 7) is 3.88. The molecule has 0 saturated carbocycles. The summed E-state index contributed by atoms with van der Waals surface area (Å²) in [6.07, 6.45) is 1.77. The summed E-state index contributed by atoms with van der Waals surface area (Å²) in [5.41, 5.74) is 0. The first-order chi connectivity index (χ1) is 7.15. The highest BCUT2D eigenvalue weighted by atomic mass is 32.2. The molecule has 0 aromatic heterocycles. The Kier molecular flexibility index (Phi) is 5.47. The lowest BCUT2D eigenvalue weighted by Crippen LogP contribution is -2.46. The second-order valence-electron chi connectivity index (χ2n) is 4.29. The minimum atomic E-state index is 0.310. The van der Waals surface area contributed by atoms with Crippen molar-refractivity contribution in [3.8, 4) is 0 Å². The summed E-state index contributed by atoms with van der Waals surface area (Å²) in [6, 6.07) is 0.403. The molecule has 0 spiro atoms. The Balaban J connectivity index is 2.62. The Bertz CT molecular complexity index is 209. The molecule has 0 aliphatic carbocycles. The molecule has 1 atom stereocenters. The SMILES string of the molecule is CCC(=O)N1CCCSCC1CN(C)C. The molecule has 0 aromatic carbocycles. The molecular weight excluding hydrogens is 208 g/mol. The first-order valence-corrected chi connectivity index (χ1v) is 6.82. The zero-order valence-electron chi connectivity index (χ0n) is 10.0. The van der Waals surface area contributed by atoms with Crippen molar-refractivity contribution in [3.05, 3.63) is 0 Å². The number of hydrogen-bond donors (Lipinski definition) is 0. The van der Waals surface area contributed by atoms with E-state index in [2.05, 4.69) is 23.9 Å². The third kappa shape index (κ3) is 4.03. The van der Waals surface area contributed by atoms with Crippen LogP contribution in [0.3, 0.4) is 0 Å². The van der Waals surface area contributed by atoms with E-state index in [0.29, 0.717) is 18.4 Å². The number of thioether (sulfide) groups is 1. The van der Waals surface area contributed by atoms with Crippen LogP contribution < -0.4 is 0 Å². The van der Waals surface area contributed by atoms with Gasteiger partial charge in [0.1, 0.15) is 0 Å². The van der Waals surface area contributed by atoms with Gasteiger partial charge in [0.25, 0.3) is 0 Å². The quantitative estimate of drug-likeness (QED) is 0.730. The summed E-state index contributed by atoms with van der Waals surface area (Å²) < 4.78 is 0. The third-order valence-electron chi connectivity index (χ3n) is 2.64. The fourth-order valence-electron chi connectivity index (χ4n) is 1.93. The number of hydrogen-bond acceptors (Lipinski definition) is 3. The second kappa shape index (κ2) is 6.38. The number of nitrogens with zero attached hydrogens (tertiary/aromatic N) is 2. The summed E-state index contributed by atoms with van der Waals surface area (Å²) in [5.74, 6) is 2.59. The van der Waals surface area contributed by atoms with Gasteiger partial charge in [0.05, 0.1) is 6.04 Å². The maximum absolute atomic E-state index is 11.8. The average molecular weight is 230 g/mol. The van der Waals surface area contributed by atoms with E-state index in [4.69, 9.17) is 0 Å². The molecule has 1 unspecified atom stereocenters. The van der Waals surface area contributed by atoms with E-state index in [0.717, 1.165) is 25.3 Å². The van der Waals surface area contributed by atoms with Gasteiger partial charge in [0.2, 0.25) is 5.91 Å². The average Bonchev–Trinajstić information content (AvgIpc) is 2.41. The van der Waals surface area contributed by atoms with Crippen LogP contribution in [0, 0.1) is 0 Å². The predicted octanol–water partition coefficient (Wildman–Crippen LogP) is 1.29. The summed E-state index contributed by atoms with van der Waals surface area (Å²) in [7, 11) is 4.15. The molecule has 1 fully saturated rings. The zero-order chi connectivity index (χ0) is 11.3. The maximum atomic E-state index is 11.8.